The zero-order chi connectivity index (χ0) is 13.7. The monoisotopic (exact) mass is 286 g/mol. The third-order valence-corrected chi connectivity index (χ3v) is 5.93. The SMILES string of the molecule is CC(=O)OC1CCC12NNC1(CCC1OC(C)=O)S2. The number of carbonyl (C=O) groups excluding carboxylic acids is 2. The van der Waals surface area contributed by atoms with E-state index in [0.717, 1.165) is 25.7 Å². The molecule has 0 radical (unpaired) electrons. The summed E-state index contributed by atoms with van der Waals surface area (Å²) in [5.74, 6) is -0.504. The van der Waals surface area contributed by atoms with Crippen LogP contribution in [0.25, 0.3) is 0 Å². The molecule has 3 rings (SSSR count). The van der Waals surface area contributed by atoms with E-state index < -0.39 is 0 Å². The first-order valence-corrected chi connectivity index (χ1v) is 7.36. The number of ether oxygens (including phenoxy) is 2. The van der Waals surface area contributed by atoms with Crippen molar-refractivity contribution in [2.24, 2.45) is 0 Å². The van der Waals surface area contributed by atoms with Crippen LogP contribution in [-0.2, 0) is 19.1 Å². The lowest BCUT2D eigenvalue weighted by atomic mass is 9.88. The van der Waals surface area contributed by atoms with Crippen molar-refractivity contribution in [3.8, 4) is 0 Å². The number of thioether (sulfide) groups is 1. The Labute approximate surface area is 115 Å². The van der Waals surface area contributed by atoms with E-state index in [9.17, 15) is 9.59 Å². The highest BCUT2D eigenvalue weighted by Crippen LogP contribution is 2.58. The molecule has 0 amide bonds. The number of rotatable bonds is 2. The van der Waals surface area contributed by atoms with Crippen molar-refractivity contribution in [1.82, 2.24) is 10.9 Å². The van der Waals surface area contributed by atoms with Crippen molar-refractivity contribution in [3.63, 3.8) is 0 Å². The smallest absolute Gasteiger partial charge is 0.303 e. The van der Waals surface area contributed by atoms with Crippen LogP contribution in [-0.4, -0.2) is 33.9 Å². The molecule has 7 heteroatoms. The van der Waals surface area contributed by atoms with Gasteiger partial charge in [0.1, 0.15) is 21.9 Å². The molecule has 4 unspecified atom stereocenters. The van der Waals surface area contributed by atoms with Crippen LogP contribution in [0.5, 0.6) is 0 Å². The van der Waals surface area contributed by atoms with Crippen molar-refractivity contribution in [1.29, 1.82) is 0 Å². The average Bonchev–Trinajstić information content (AvgIpc) is 2.76. The highest BCUT2D eigenvalue weighted by Gasteiger charge is 2.64. The van der Waals surface area contributed by atoms with E-state index in [1.807, 2.05) is 0 Å². The van der Waals surface area contributed by atoms with E-state index in [4.69, 9.17) is 9.47 Å². The molecule has 0 aromatic heterocycles. The molecule has 19 heavy (non-hydrogen) atoms. The van der Waals surface area contributed by atoms with Crippen molar-refractivity contribution >= 4 is 23.7 Å². The fourth-order valence-corrected chi connectivity index (χ4v) is 4.75. The Balaban J connectivity index is 1.67. The highest BCUT2D eigenvalue weighted by atomic mass is 32.2. The zero-order valence-electron chi connectivity index (χ0n) is 11.0. The Morgan fingerprint density at radius 1 is 1.00 bits per heavy atom. The van der Waals surface area contributed by atoms with Crippen LogP contribution in [0, 0.1) is 0 Å². The van der Waals surface area contributed by atoms with E-state index in [2.05, 4.69) is 10.9 Å². The Morgan fingerprint density at radius 2 is 1.42 bits per heavy atom. The van der Waals surface area contributed by atoms with Gasteiger partial charge in [0, 0.05) is 13.8 Å². The molecular weight excluding hydrogens is 268 g/mol. The first-order chi connectivity index (χ1) is 8.96. The van der Waals surface area contributed by atoms with Gasteiger partial charge < -0.3 is 9.47 Å². The summed E-state index contributed by atoms with van der Waals surface area (Å²) < 4.78 is 10.7. The number of carbonyl (C=O) groups is 2. The summed E-state index contributed by atoms with van der Waals surface area (Å²) in [4.78, 5) is 21.7. The van der Waals surface area contributed by atoms with Gasteiger partial charge in [0.2, 0.25) is 0 Å². The minimum Gasteiger partial charge on any atom is -0.460 e. The summed E-state index contributed by atoms with van der Waals surface area (Å²) in [6.45, 7) is 2.86. The van der Waals surface area contributed by atoms with E-state index in [1.54, 1.807) is 11.8 Å². The van der Waals surface area contributed by atoms with Crippen LogP contribution in [0.2, 0.25) is 0 Å². The Bertz CT molecular complexity index is 394. The summed E-state index contributed by atoms with van der Waals surface area (Å²) in [6, 6.07) is 0. The van der Waals surface area contributed by atoms with Gasteiger partial charge in [0.25, 0.3) is 0 Å². The molecule has 0 aromatic carbocycles. The molecule has 4 atom stereocenters. The van der Waals surface area contributed by atoms with Gasteiger partial charge in [-0.2, -0.15) is 0 Å². The summed E-state index contributed by atoms with van der Waals surface area (Å²) in [7, 11) is 0. The van der Waals surface area contributed by atoms with Crippen LogP contribution >= 0.6 is 11.8 Å². The molecule has 106 valence electrons. The van der Waals surface area contributed by atoms with Crippen molar-refractivity contribution in [2.45, 2.75) is 61.5 Å². The van der Waals surface area contributed by atoms with Crippen molar-refractivity contribution < 1.29 is 19.1 Å². The maximum Gasteiger partial charge on any atom is 0.303 e. The molecule has 0 aromatic rings. The number of esters is 2. The molecule has 0 bridgehead atoms. The highest BCUT2D eigenvalue weighted by molar-refractivity contribution is 8.02. The lowest BCUT2D eigenvalue weighted by Crippen LogP contribution is -2.61. The summed E-state index contributed by atoms with van der Waals surface area (Å²) in [6.07, 6.45) is 3.40. The predicted octanol–water partition coefficient (Wildman–Crippen LogP) is 0.671. The zero-order valence-corrected chi connectivity index (χ0v) is 11.8. The first kappa shape index (κ1) is 13.2. The number of hydrogen-bond donors (Lipinski definition) is 2. The second kappa shape index (κ2) is 4.36. The van der Waals surface area contributed by atoms with Crippen molar-refractivity contribution in [3.05, 3.63) is 0 Å². The Morgan fingerprint density at radius 3 is 1.68 bits per heavy atom. The maximum atomic E-state index is 11.1. The maximum absolute atomic E-state index is 11.1. The van der Waals surface area contributed by atoms with Crippen LogP contribution in [0.1, 0.15) is 39.5 Å². The van der Waals surface area contributed by atoms with E-state index >= 15 is 0 Å². The summed E-state index contributed by atoms with van der Waals surface area (Å²) in [5.41, 5.74) is 6.53. The summed E-state index contributed by atoms with van der Waals surface area (Å²) in [5, 5.41) is 0. The van der Waals surface area contributed by atoms with E-state index in [1.165, 1.54) is 13.8 Å². The molecule has 3 fully saturated rings. The first-order valence-electron chi connectivity index (χ1n) is 6.55. The normalized spacial score (nSPS) is 43.7. The van der Waals surface area contributed by atoms with Gasteiger partial charge in [0.15, 0.2) is 0 Å². The predicted molar refractivity (Wildman–Crippen MR) is 68.9 cm³/mol. The molecular formula is C12H18N2O4S. The Hall–Kier alpha value is -0.790. The molecule has 2 N–H and O–H groups in total. The number of nitrogens with one attached hydrogen (secondary N) is 2. The Kier molecular flexibility index (Phi) is 3.03. The summed E-state index contributed by atoms with van der Waals surface area (Å²) >= 11 is 1.71. The number of hydrazine groups is 1. The molecule has 6 nitrogen and oxygen atoms in total. The topological polar surface area (TPSA) is 76.7 Å². The fourth-order valence-electron chi connectivity index (χ4n) is 2.86. The third-order valence-electron chi connectivity index (χ3n) is 4.06. The van der Waals surface area contributed by atoms with Gasteiger partial charge in [-0.1, -0.05) is 0 Å². The van der Waals surface area contributed by atoms with Gasteiger partial charge in [-0.05, 0) is 25.7 Å². The molecule has 1 aliphatic heterocycles. The number of hydrogen-bond acceptors (Lipinski definition) is 7. The molecule has 2 spiro atoms. The second-order valence-corrected chi connectivity index (χ2v) is 7.07. The van der Waals surface area contributed by atoms with Gasteiger partial charge in [-0.3, -0.25) is 9.59 Å². The van der Waals surface area contributed by atoms with Crippen LogP contribution in [0.3, 0.4) is 0 Å². The van der Waals surface area contributed by atoms with Gasteiger partial charge in [-0.25, -0.2) is 10.9 Å². The largest absolute Gasteiger partial charge is 0.460 e. The van der Waals surface area contributed by atoms with Gasteiger partial charge >= 0.3 is 11.9 Å². The standard InChI is InChI=1S/C12H18N2O4S/c1-7(15)17-9-3-5-11(9)13-14-12(19-11)6-4-10(12)18-8(2)16/h9-10,13-14H,3-6H2,1-2H3. The molecule has 2 saturated carbocycles. The lowest BCUT2D eigenvalue weighted by molar-refractivity contribution is -0.156. The van der Waals surface area contributed by atoms with Crippen LogP contribution in [0.15, 0.2) is 0 Å². The lowest BCUT2D eigenvalue weighted by Gasteiger charge is -2.48. The second-order valence-electron chi connectivity index (χ2n) is 5.40. The minimum absolute atomic E-state index is 0.111. The van der Waals surface area contributed by atoms with Gasteiger partial charge in [0.05, 0.1) is 0 Å². The van der Waals surface area contributed by atoms with E-state index in [-0.39, 0.29) is 33.9 Å². The third kappa shape index (κ3) is 2.04. The molecule has 3 aliphatic rings. The van der Waals surface area contributed by atoms with E-state index in [0.29, 0.717) is 0 Å². The minimum atomic E-state index is -0.259. The molecule has 1 heterocycles. The fraction of sp³-hybridized carbons (Fsp3) is 0.833. The van der Waals surface area contributed by atoms with Gasteiger partial charge in [-0.15, -0.1) is 11.8 Å². The molecule has 1 saturated heterocycles. The quantitative estimate of drug-likeness (QED) is 0.722. The average molecular weight is 286 g/mol. The van der Waals surface area contributed by atoms with Crippen molar-refractivity contribution in [2.75, 3.05) is 0 Å². The van der Waals surface area contributed by atoms with Crippen LogP contribution in [0.4, 0.5) is 0 Å². The van der Waals surface area contributed by atoms with Crippen LogP contribution < -0.4 is 10.9 Å². The molecule has 2 aliphatic carbocycles.